The molecule has 0 aliphatic carbocycles. The van der Waals surface area contributed by atoms with Crippen molar-refractivity contribution in [2.45, 2.75) is 25.9 Å². The van der Waals surface area contributed by atoms with Gasteiger partial charge in [-0.2, -0.15) is 0 Å². The van der Waals surface area contributed by atoms with Gasteiger partial charge in [-0.15, -0.1) is 0 Å². The van der Waals surface area contributed by atoms with Crippen LogP contribution in [-0.4, -0.2) is 15.6 Å². The highest BCUT2D eigenvalue weighted by Crippen LogP contribution is 2.24. The topological polar surface area (TPSA) is 67.4 Å². The molecule has 5 heteroatoms. The van der Waals surface area contributed by atoms with E-state index in [4.69, 9.17) is 4.42 Å². The first-order valence-electron chi connectivity index (χ1n) is 9.33. The van der Waals surface area contributed by atoms with Crippen LogP contribution in [0.3, 0.4) is 0 Å². The summed E-state index contributed by atoms with van der Waals surface area (Å²) in [6, 6.07) is 19.1. The van der Waals surface area contributed by atoms with Gasteiger partial charge in [0.05, 0.1) is 12.8 Å². The Morgan fingerprint density at radius 1 is 1.04 bits per heavy atom. The fraction of sp³-hybridized carbons (Fsp3) is 0.174. The monoisotopic (exact) mass is 374 g/mol. The van der Waals surface area contributed by atoms with Gasteiger partial charge in [-0.1, -0.05) is 30.3 Å². The Bertz CT molecular complexity index is 1060. The average molecular weight is 374 g/mol. The summed E-state index contributed by atoms with van der Waals surface area (Å²) in [5.74, 6) is 1.02. The van der Waals surface area contributed by atoms with Crippen molar-refractivity contribution in [1.82, 2.24) is 9.88 Å². The molecule has 2 N–H and O–H groups in total. The predicted octanol–water partition coefficient (Wildman–Crippen LogP) is 4.24. The Kier molecular flexibility index (Phi) is 5.15. The summed E-state index contributed by atoms with van der Waals surface area (Å²) in [5, 5.41) is 13.5. The second kappa shape index (κ2) is 8.05. The van der Waals surface area contributed by atoms with Crippen LogP contribution in [0.1, 0.15) is 23.3 Å². The van der Waals surface area contributed by atoms with E-state index in [-0.39, 0.29) is 11.7 Å². The van der Waals surface area contributed by atoms with E-state index in [1.165, 1.54) is 5.39 Å². The van der Waals surface area contributed by atoms with Crippen molar-refractivity contribution in [2.75, 3.05) is 0 Å². The lowest BCUT2D eigenvalue weighted by atomic mass is 10.1. The van der Waals surface area contributed by atoms with Gasteiger partial charge in [-0.3, -0.25) is 4.79 Å². The van der Waals surface area contributed by atoms with Gasteiger partial charge >= 0.3 is 0 Å². The summed E-state index contributed by atoms with van der Waals surface area (Å²) in [7, 11) is 0. The van der Waals surface area contributed by atoms with Gasteiger partial charge in [-0.05, 0) is 47.9 Å². The van der Waals surface area contributed by atoms with Gasteiger partial charge in [0.15, 0.2) is 0 Å². The van der Waals surface area contributed by atoms with Gasteiger partial charge in [0.1, 0.15) is 11.5 Å². The lowest BCUT2D eigenvalue weighted by Crippen LogP contribution is -2.22. The van der Waals surface area contributed by atoms with Crippen LogP contribution in [0.15, 0.2) is 77.5 Å². The number of furan rings is 1. The molecular formula is C23H22N2O3. The second-order valence-corrected chi connectivity index (χ2v) is 6.82. The molecule has 1 amide bonds. The van der Waals surface area contributed by atoms with Crippen LogP contribution in [0.25, 0.3) is 10.9 Å². The molecule has 0 radical (unpaired) electrons. The molecule has 5 nitrogen and oxygen atoms in total. The van der Waals surface area contributed by atoms with Crippen molar-refractivity contribution in [2.24, 2.45) is 0 Å². The fourth-order valence-corrected chi connectivity index (χ4v) is 3.39. The van der Waals surface area contributed by atoms with Crippen molar-refractivity contribution >= 4 is 16.8 Å². The highest BCUT2D eigenvalue weighted by molar-refractivity contribution is 5.85. The number of nitrogens with one attached hydrogen (secondary N) is 1. The molecule has 28 heavy (non-hydrogen) atoms. The first-order chi connectivity index (χ1) is 13.7. The van der Waals surface area contributed by atoms with E-state index in [0.29, 0.717) is 25.9 Å². The van der Waals surface area contributed by atoms with Crippen molar-refractivity contribution in [1.29, 1.82) is 0 Å². The summed E-state index contributed by atoms with van der Waals surface area (Å²) in [5.41, 5.74) is 3.41. The van der Waals surface area contributed by atoms with Gasteiger partial charge in [-0.25, -0.2) is 0 Å². The molecule has 4 aromatic rings. The lowest BCUT2D eigenvalue weighted by Gasteiger charge is -2.05. The third-order valence-electron chi connectivity index (χ3n) is 4.82. The highest BCUT2D eigenvalue weighted by atomic mass is 16.3. The van der Waals surface area contributed by atoms with Crippen LogP contribution in [-0.2, 0) is 24.3 Å². The molecule has 0 atom stereocenters. The number of rotatable bonds is 7. The van der Waals surface area contributed by atoms with E-state index >= 15 is 0 Å². The van der Waals surface area contributed by atoms with Crippen LogP contribution in [0.5, 0.6) is 5.75 Å². The van der Waals surface area contributed by atoms with Crippen molar-refractivity contribution in [3.05, 3.63) is 90.0 Å². The van der Waals surface area contributed by atoms with E-state index < -0.39 is 0 Å². The quantitative estimate of drug-likeness (QED) is 0.508. The molecule has 0 aliphatic rings. The molecule has 2 aromatic heterocycles. The van der Waals surface area contributed by atoms with E-state index in [0.717, 1.165) is 22.4 Å². The Morgan fingerprint density at radius 3 is 2.64 bits per heavy atom. The number of amides is 1. The Hall–Kier alpha value is -3.47. The summed E-state index contributed by atoms with van der Waals surface area (Å²) < 4.78 is 7.43. The van der Waals surface area contributed by atoms with E-state index in [2.05, 4.69) is 28.2 Å². The number of para-hydroxylation sites is 1. The smallest absolute Gasteiger partial charge is 0.220 e. The number of hydrogen-bond acceptors (Lipinski definition) is 3. The average Bonchev–Trinajstić information content (AvgIpc) is 3.35. The minimum Gasteiger partial charge on any atom is -0.508 e. The largest absolute Gasteiger partial charge is 0.508 e. The van der Waals surface area contributed by atoms with Crippen LogP contribution >= 0.6 is 0 Å². The van der Waals surface area contributed by atoms with E-state index in [1.807, 2.05) is 36.4 Å². The SMILES string of the molecule is O=C(CCc1cn(Cc2ccc(O)cc2)c2ccccc12)NCc1ccco1. The molecular weight excluding hydrogens is 352 g/mol. The summed E-state index contributed by atoms with van der Waals surface area (Å²) in [4.78, 5) is 12.2. The summed E-state index contributed by atoms with van der Waals surface area (Å²) in [6.07, 6.45) is 4.82. The number of carbonyl (C=O) groups is 1. The number of aryl methyl sites for hydroxylation is 1. The van der Waals surface area contributed by atoms with Crippen LogP contribution in [0.4, 0.5) is 0 Å². The Labute approximate surface area is 163 Å². The zero-order chi connectivity index (χ0) is 19.3. The number of aromatic nitrogens is 1. The number of nitrogens with zero attached hydrogens (tertiary/aromatic N) is 1. The zero-order valence-electron chi connectivity index (χ0n) is 15.5. The molecule has 2 heterocycles. The molecule has 0 saturated heterocycles. The summed E-state index contributed by atoms with van der Waals surface area (Å²) in [6.45, 7) is 1.12. The molecule has 2 aromatic carbocycles. The van der Waals surface area contributed by atoms with Gasteiger partial charge in [0.25, 0.3) is 0 Å². The van der Waals surface area contributed by atoms with Crippen LogP contribution in [0, 0.1) is 0 Å². The maximum atomic E-state index is 12.2. The van der Waals surface area contributed by atoms with Crippen LogP contribution < -0.4 is 5.32 Å². The Balaban J connectivity index is 1.46. The molecule has 0 fully saturated rings. The minimum atomic E-state index is 0.00626. The maximum Gasteiger partial charge on any atom is 0.220 e. The first-order valence-corrected chi connectivity index (χ1v) is 9.33. The van der Waals surface area contributed by atoms with Gasteiger partial charge in [0.2, 0.25) is 5.91 Å². The van der Waals surface area contributed by atoms with Crippen LogP contribution in [0.2, 0.25) is 0 Å². The molecule has 0 saturated carbocycles. The molecule has 4 rings (SSSR count). The number of phenols is 1. The van der Waals surface area contributed by atoms with E-state index in [1.54, 1.807) is 18.4 Å². The molecule has 0 unspecified atom stereocenters. The highest BCUT2D eigenvalue weighted by Gasteiger charge is 2.11. The maximum absolute atomic E-state index is 12.2. The Morgan fingerprint density at radius 2 is 1.86 bits per heavy atom. The van der Waals surface area contributed by atoms with Crippen molar-refractivity contribution in [3.8, 4) is 5.75 Å². The normalized spacial score (nSPS) is 11.0. The third-order valence-corrected chi connectivity index (χ3v) is 4.82. The number of benzene rings is 2. The zero-order valence-corrected chi connectivity index (χ0v) is 15.5. The molecule has 0 spiro atoms. The third kappa shape index (κ3) is 4.09. The standard InChI is InChI=1S/C23H22N2O3/c26-19-10-7-17(8-11-19)15-25-16-18(21-5-1-2-6-22(21)25)9-12-23(27)24-14-20-4-3-13-28-20/h1-8,10-11,13,16,26H,9,12,14-15H2,(H,24,27). The molecule has 0 aliphatic heterocycles. The number of hydrogen-bond donors (Lipinski definition) is 2. The number of phenolic OH excluding ortho intramolecular Hbond substituents is 1. The minimum absolute atomic E-state index is 0.00626. The molecule has 0 bridgehead atoms. The number of aromatic hydroxyl groups is 1. The van der Waals surface area contributed by atoms with Gasteiger partial charge in [0, 0.05) is 30.1 Å². The van der Waals surface area contributed by atoms with Crippen molar-refractivity contribution < 1.29 is 14.3 Å². The fourth-order valence-electron chi connectivity index (χ4n) is 3.39. The number of fused-ring (bicyclic) bond motifs is 1. The lowest BCUT2D eigenvalue weighted by molar-refractivity contribution is -0.121. The predicted molar refractivity (Wildman–Crippen MR) is 108 cm³/mol. The first kappa shape index (κ1) is 17.9. The van der Waals surface area contributed by atoms with Gasteiger partial charge < -0.3 is 19.4 Å². The van der Waals surface area contributed by atoms with E-state index in [9.17, 15) is 9.90 Å². The molecule has 142 valence electrons. The number of carbonyl (C=O) groups excluding carboxylic acids is 1. The van der Waals surface area contributed by atoms with Crippen molar-refractivity contribution in [3.63, 3.8) is 0 Å². The summed E-state index contributed by atoms with van der Waals surface area (Å²) >= 11 is 0. The second-order valence-electron chi connectivity index (χ2n) is 6.82.